The Morgan fingerprint density at radius 1 is 1.45 bits per heavy atom. The highest BCUT2D eigenvalue weighted by Gasteiger charge is 2.26. The Balaban J connectivity index is 2.22. The van der Waals surface area contributed by atoms with Crippen LogP contribution in [0.3, 0.4) is 0 Å². The zero-order chi connectivity index (χ0) is 14.7. The maximum Gasteiger partial charge on any atom is 0.175 e. The van der Waals surface area contributed by atoms with E-state index < -0.39 is 0 Å². The summed E-state index contributed by atoms with van der Waals surface area (Å²) < 4.78 is 1.84. The normalized spacial score (nSPS) is 17.8. The molecule has 0 unspecified atom stereocenters. The highest BCUT2D eigenvalue weighted by molar-refractivity contribution is 6.02. The topological polar surface area (TPSA) is 79.7 Å². The molecule has 0 aromatic carbocycles. The molecule has 3 N–H and O–H groups in total. The molecule has 1 saturated heterocycles. The fourth-order valence-corrected chi connectivity index (χ4v) is 3.20. The number of aromatic nitrogens is 2. The van der Waals surface area contributed by atoms with Crippen LogP contribution in [0.25, 0.3) is 0 Å². The third kappa shape index (κ3) is 2.73. The number of rotatable bonds is 4. The number of hydrogen-bond donors (Lipinski definition) is 2. The number of amidine groups is 1. The van der Waals surface area contributed by atoms with Gasteiger partial charge in [-0.1, -0.05) is 24.9 Å². The summed E-state index contributed by atoms with van der Waals surface area (Å²) in [7, 11) is 1.91. The average molecular weight is 279 g/mol. The summed E-state index contributed by atoms with van der Waals surface area (Å²) in [5.41, 5.74) is 7.36. The number of oxime groups is 1. The van der Waals surface area contributed by atoms with E-state index >= 15 is 0 Å². The van der Waals surface area contributed by atoms with Gasteiger partial charge in [0.15, 0.2) is 5.84 Å². The largest absolute Gasteiger partial charge is 0.409 e. The first-order chi connectivity index (χ1) is 9.58. The predicted molar refractivity (Wildman–Crippen MR) is 80.3 cm³/mol. The fraction of sp³-hybridized carbons (Fsp3) is 0.714. The van der Waals surface area contributed by atoms with E-state index in [1.165, 1.54) is 25.7 Å². The van der Waals surface area contributed by atoms with Crippen molar-refractivity contribution in [1.29, 1.82) is 0 Å². The van der Waals surface area contributed by atoms with Crippen LogP contribution in [0.5, 0.6) is 0 Å². The van der Waals surface area contributed by atoms with Gasteiger partial charge in [0.25, 0.3) is 0 Å². The highest BCUT2D eigenvalue weighted by Crippen LogP contribution is 2.29. The summed E-state index contributed by atoms with van der Waals surface area (Å²) in [4.78, 5) is 2.31. The number of anilines is 1. The third-order valence-corrected chi connectivity index (χ3v) is 4.17. The van der Waals surface area contributed by atoms with Crippen molar-refractivity contribution in [3.05, 3.63) is 11.3 Å². The Hall–Kier alpha value is -1.72. The molecule has 0 spiro atoms. The first kappa shape index (κ1) is 14.7. The van der Waals surface area contributed by atoms with Gasteiger partial charge in [0.05, 0.1) is 11.3 Å². The lowest BCUT2D eigenvalue weighted by Crippen LogP contribution is -2.36. The minimum absolute atomic E-state index is 0.140. The third-order valence-electron chi connectivity index (χ3n) is 4.17. The van der Waals surface area contributed by atoms with Crippen molar-refractivity contribution in [2.45, 2.75) is 39.5 Å². The minimum Gasteiger partial charge on any atom is -0.409 e. The highest BCUT2D eigenvalue weighted by atomic mass is 16.4. The second-order valence-corrected chi connectivity index (χ2v) is 5.61. The summed E-state index contributed by atoms with van der Waals surface area (Å²) in [5, 5.41) is 16.5. The van der Waals surface area contributed by atoms with Crippen LogP contribution in [0.2, 0.25) is 0 Å². The second-order valence-electron chi connectivity index (χ2n) is 5.61. The van der Waals surface area contributed by atoms with Crippen LogP contribution in [-0.4, -0.2) is 33.9 Å². The van der Waals surface area contributed by atoms with Gasteiger partial charge in [-0.3, -0.25) is 4.68 Å². The summed E-state index contributed by atoms with van der Waals surface area (Å²) >= 11 is 0. The van der Waals surface area contributed by atoms with Crippen molar-refractivity contribution in [3.8, 4) is 0 Å². The van der Waals surface area contributed by atoms with Gasteiger partial charge in [0, 0.05) is 20.1 Å². The van der Waals surface area contributed by atoms with Crippen LogP contribution in [0.15, 0.2) is 5.16 Å². The van der Waals surface area contributed by atoms with E-state index in [9.17, 15) is 0 Å². The molecular formula is C14H25N5O. The average Bonchev–Trinajstić information content (AvgIpc) is 2.74. The smallest absolute Gasteiger partial charge is 0.175 e. The van der Waals surface area contributed by atoms with E-state index in [0.717, 1.165) is 36.1 Å². The lowest BCUT2D eigenvalue weighted by atomic mass is 9.92. The molecule has 1 aliphatic heterocycles. The number of nitrogens with zero attached hydrogens (tertiary/aromatic N) is 4. The fourth-order valence-electron chi connectivity index (χ4n) is 3.20. The first-order valence-electron chi connectivity index (χ1n) is 7.34. The van der Waals surface area contributed by atoms with Crippen molar-refractivity contribution < 1.29 is 5.21 Å². The van der Waals surface area contributed by atoms with Crippen molar-refractivity contribution in [1.82, 2.24) is 9.78 Å². The number of aryl methyl sites for hydroxylation is 2. The van der Waals surface area contributed by atoms with Crippen molar-refractivity contribution in [3.63, 3.8) is 0 Å². The van der Waals surface area contributed by atoms with E-state index in [0.29, 0.717) is 0 Å². The van der Waals surface area contributed by atoms with Crippen molar-refractivity contribution in [2.24, 2.45) is 23.9 Å². The monoisotopic (exact) mass is 279 g/mol. The van der Waals surface area contributed by atoms with Gasteiger partial charge in [0.2, 0.25) is 0 Å². The molecule has 0 atom stereocenters. The van der Waals surface area contributed by atoms with Crippen molar-refractivity contribution in [2.75, 3.05) is 18.0 Å². The standard InChI is InChI=1S/C14H25N5O/c1-4-5-11-6-8-19(9-7-11)14-12(13(15)17-20)10(2)16-18(14)3/h11,20H,4-9H2,1-3H3,(H2,15,17). The molecule has 0 saturated carbocycles. The summed E-state index contributed by atoms with van der Waals surface area (Å²) in [6.07, 6.45) is 4.97. The van der Waals surface area contributed by atoms with E-state index in [1.807, 2.05) is 18.7 Å². The maximum atomic E-state index is 8.96. The van der Waals surface area contributed by atoms with Gasteiger partial charge >= 0.3 is 0 Å². The van der Waals surface area contributed by atoms with Crippen LogP contribution in [0, 0.1) is 12.8 Å². The molecular weight excluding hydrogens is 254 g/mol. The molecule has 112 valence electrons. The Morgan fingerprint density at radius 2 is 2.10 bits per heavy atom. The molecule has 1 aromatic rings. The molecule has 6 heteroatoms. The van der Waals surface area contributed by atoms with Gasteiger partial charge in [-0.2, -0.15) is 5.10 Å². The van der Waals surface area contributed by atoms with Gasteiger partial charge in [-0.05, 0) is 25.7 Å². The number of hydrogen-bond acceptors (Lipinski definition) is 4. The van der Waals surface area contributed by atoms with Crippen LogP contribution in [0.1, 0.15) is 43.9 Å². The molecule has 0 bridgehead atoms. The Labute approximate surface area is 120 Å². The lowest BCUT2D eigenvalue weighted by Gasteiger charge is -2.33. The Kier molecular flexibility index (Phi) is 4.52. The van der Waals surface area contributed by atoms with E-state index in [-0.39, 0.29) is 5.84 Å². The van der Waals surface area contributed by atoms with Crippen LogP contribution >= 0.6 is 0 Å². The quantitative estimate of drug-likeness (QED) is 0.381. The SMILES string of the molecule is CCCC1CCN(c2c(C(N)=NO)c(C)nn2C)CC1. The molecule has 6 nitrogen and oxygen atoms in total. The van der Waals surface area contributed by atoms with E-state index in [4.69, 9.17) is 10.9 Å². The maximum absolute atomic E-state index is 8.96. The summed E-state index contributed by atoms with van der Waals surface area (Å²) in [6, 6.07) is 0. The van der Waals surface area contributed by atoms with E-state index in [1.54, 1.807) is 0 Å². The van der Waals surface area contributed by atoms with Gasteiger partial charge in [-0.25, -0.2) is 0 Å². The molecule has 2 rings (SSSR count). The molecule has 1 aliphatic rings. The number of nitrogens with two attached hydrogens (primary N) is 1. The number of piperidine rings is 1. The molecule has 2 heterocycles. The van der Waals surface area contributed by atoms with E-state index in [2.05, 4.69) is 22.1 Å². The molecule has 20 heavy (non-hydrogen) atoms. The zero-order valence-corrected chi connectivity index (χ0v) is 12.6. The van der Waals surface area contributed by atoms with Crippen molar-refractivity contribution >= 4 is 11.7 Å². The summed E-state index contributed by atoms with van der Waals surface area (Å²) in [5.74, 6) is 1.94. The molecule has 1 aromatic heterocycles. The minimum atomic E-state index is 0.140. The molecule has 0 radical (unpaired) electrons. The van der Waals surface area contributed by atoms with Gasteiger partial charge in [-0.15, -0.1) is 0 Å². The summed E-state index contributed by atoms with van der Waals surface area (Å²) in [6.45, 7) is 6.15. The second kappa shape index (κ2) is 6.15. The molecule has 0 amide bonds. The van der Waals surface area contributed by atoms with Crippen LogP contribution < -0.4 is 10.6 Å². The molecule has 1 fully saturated rings. The zero-order valence-electron chi connectivity index (χ0n) is 12.6. The van der Waals surface area contributed by atoms with Crippen LogP contribution in [-0.2, 0) is 7.05 Å². The van der Waals surface area contributed by atoms with Crippen LogP contribution in [0.4, 0.5) is 5.82 Å². The Morgan fingerprint density at radius 3 is 2.65 bits per heavy atom. The first-order valence-corrected chi connectivity index (χ1v) is 7.34. The lowest BCUT2D eigenvalue weighted by molar-refractivity contribution is 0.318. The Bertz CT molecular complexity index is 486. The predicted octanol–water partition coefficient (Wildman–Crippen LogP) is 1.84. The molecule has 0 aliphatic carbocycles. The van der Waals surface area contributed by atoms with Gasteiger partial charge < -0.3 is 15.8 Å². The van der Waals surface area contributed by atoms with Gasteiger partial charge in [0.1, 0.15) is 5.82 Å².